The Morgan fingerprint density at radius 3 is 2.33 bits per heavy atom. The number of hydrogen-bond acceptors (Lipinski definition) is 3. The molecule has 0 amide bonds. The molecule has 7 heteroatoms. The molecule has 1 saturated carbocycles. The maximum atomic E-state index is 12.7. The molecule has 21 heavy (non-hydrogen) atoms. The lowest BCUT2D eigenvalue weighted by Gasteiger charge is -2.31. The third-order valence-corrected chi connectivity index (χ3v) is 4.57. The average Bonchev–Trinajstić information content (AvgIpc) is 2.68. The van der Waals surface area contributed by atoms with E-state index in [4.69, 9.17) is 9.26 Å². The Balaban J connectivity index is 1.82. The van der Waals surface area contributed by atoms with Crippen molar-refractivity contribution in [1.82, 2.24) is 5.32 Å². The van der Waals surface area contributed by atoms with Crippen LogP contribution in [0.4, 0.5) is 13.2 Å². The average molecular weight is 319 g/mol. The minimum atomic E-state index is -4.38. The lowest BCUT2D eigenvalue weighted by Crippen LogP contribution is -2.44. The second-order valence-corrected chi connectivity index (χ2v) is 5.85. The maximum Gasteiger partial charge on any atom is 0.416 e. The smallest absolute Gasteiger partial charge is 0.416 e. The van der Waals surface area contributed by atoms with Gasteiger partial charge in [-0.1, -0.05) is 0 Å². The van der Waals surface area contributed by atoms with Crippen molar-refractivity contribution >= 4 is 9.47 Å². The van der Waals surface area contributed by atoms with E-state index in [1.54, 1.807) is 0 Å². The van der Waals surface area contributed by atoms with Gasteiger partial charge in [0.1, 0.15) is 6.10 Å². The van der Waals surface area contributed by atoms with E-state index in [1.165, 1.54) is 6.07 Å². The summed E-state index contributed by atoms with van der Waals surface area (Å²) in [5.74, 6) is 1.32. The van der Waals surface area contributed by atoms with Crippen molar-refractivity contribution < 1.29 is 22.4 Å². The largest absolute Gasteiger partial charge is 0.486 e. The second kappa shape index (κ2) is 5.65. The van der Waals surface area contributed by atoms with Gasteiger partial charge in [-0.25, -0.2) is 0 Å². The van der Waals surface area contributed by atoms with Crippen LogP contribution in [0.3, 0.4) is 0 Å². The van der Waals surface area contributed by atoms with Gasteiger partial charge in [-0.15, -0.1) is 0 Å². The predicted octanol–water partition coefficient (Wildman–Crippen LogP) is 3.25. The van der Waals surface area contributed by atoms with Crippen molar-refractivity contribution in [1.29, 1.82) is 0 Å². The van der Waals surface area contributed by atoms with E-state index in [9.17, 15) is 13.2 Å². The van der Waals surface area contributed by atoms with E-state index >= 15 is 0 Å². The first kappa shape index (κ1) is 14.9. The number of benzene rings is 1. The summed E-state index contributed by atoms with van der Waals surface area (Å²) in [5.41, 5.74) is -0.736. The van der Waals surface area contributed by atoms with Crippen molar-refractivity contribution in [3.8, 4) is 11.5 Å². The lowest BCUT2D eigenvalue weighted by atomic mass is 9.96. The number of hydrogen-bond donors (Lipinski definition) is 1. The highest BCUT2D eigenvalue weighted by Crippen LogP contribution is 2.41. The number of fused-ring (bicyclic) bond motifs is 2. The molecule has 116 valence electrons. The standard InChI is InChI=1S/C14H17F3NO2P/c15-14(16,17)10-3-4-11(12(5-10)20-21)19-13-8-1-2-9(13)7-18-6-8/h3-5,8-9,13,18H,1-2,6-7,21H2/t8-,9+,13-. The van der Waals surface area contributed by atoms with Crippen molar-refractivity contribution in [2.24, 2.45) is 11.8 Å². The van der Waals surface area contributed by atoms with Crippen LogP contribution in [0.5, 0.6) is 11.5 Å². The molecule has 3 nitrogen and oxygen atoms in total. The molecule has 2 aliphatic rings. The third-order valence-electron chi connectivity index (χ3n) is 4.31. The molecule has 2 fully saturated rings. The van der Waals surface area contributed by atoms with Crippen LogP contribution in [0.15, 0.2) is 18.2 Å². The third kappa shape index (κ3) is 2.97. The number of piperidine rings is 1. The molecule has 3 rings (SSSR count). The number of rotatable bonds is 3. The van der Waals surface area contributed by atoms with E-state index in [0.717, 1.165) is 38.1 Å². The lowest BCUT2D eigenvalue weighted by molar-refractivity contribution is -0.137. The molecule has 0 radical (unpaired) electrons. The van der Waals surface area contributed by atoms with Gasteiger partial charge in [-0.05, 0) is 31.0 Å². The summed E-state index contributed by atoms with van der Waals surface area (Å²) in [6, 6.07) is 3.36. The summed E-state index contributed by atoms with van der Waals surface area (Å²) in [4.78, 5) is 0. The van der Waals surface area contributed by atoms with Crippen molar-refractivity contribution in [2.45, 2.75) is 25.1 Å². The Labute approximate surface area is 123 Å². The molecular formula is C14H17F3NO2P. The summed E-state index contributed by atoms with van der Waals surface area (Å²) < 4.78 is 49.1. The quantitative estimate of drug-likeness (QED) is 0.868. The number of nitrogens with one attached hydrogen (secondary N) is 1. The summed E-state index contributed by atoms with van der Waals surface area (Å²) in [6.07, 6.45) is -2.13. The zero-order valence-electron chi connectivity index (χ0n) is 11.3. The maximum absolute atomic E-state index is 12.7. The first-order valence-corrected chi connectivity index (χ1v) is 7.41. The topological polar surface area (TPSA) is 30.5 Å². The Hall–Kier alpha value is -1.00. The van der Waals surface area contributed by atoms with E-state index in [1.807, 2.05) is 9.47 Å². The minimum Gasteiger partial charge on any atom is -0.486 e. The zero-order valence-corrected chi connectivity index (χ0v) is 12.5. The fourth-order valence-electron chi connectivity index (χ4n) is 3.25. The van der Waals surface area contributed by atoms with Gasteiger partial charge in [0.2, 0.25) is 0 Å². The fraction of sp³-hybridized carbons (Fsp3) is 0.571. The molecule has 1 saturated heterocycles. The van der Waals surface area contributed by atoms with Gasteiger partial charge in [-0.2, -0.15) is 13.2 Å². The normalized spacial score (nSPS) is 28.5. The SMILES string of the molecule is FC(F)(F)c1ccc(O[C@@H]2[C@@H]3CC[C@H]2CNC3)c(OP)c1. The fourth-order valence-corrected chi connectivity index (χ4v) is 3.43. The number of ether oxygens (including phenoxy) is 1. The molecule has 1 aliphatic heterocycles. The molecule has 0 aromatic heterocycles. The van der Waals surface area contributed by atoms with Crippen LogP contribution < -0.4 is 14.6 Å². The van der Waals surface area contributed by atoms with Gasteiger partial charge in [0.25, 0.3) is 0 Å². The first-order chi connectivity index (χ1) is 9.99. The zero-order chi connectivity index (χ0) is 15.0. The molecule has 1 aromatic rings. The Kier molecular flexibility index (Phi) is 4.02. The highest BCUT2D eigenvalue weighted by Gasteiger charge is 2.41. The first-order valence-electron chi connectivity index (χ1n) is 6.94. The second-order valence-electron chi connectivity index (χ2n) is 5.62. The van der Waals surface area contributed by atoms with Crippen LogP contribution in [-0.2, 0) is 6.18 Å². The highest BCUT2D eigenvalue weighted by molar-refractivity contribution is 7.10. The van der Waals surface area contributed by atoms with E-state index in [0.29, 0.717) is 17.6 Å². The minimum absolute atomic E-state index is 0.0573. The van der Waals surface area contributed by atoms with Crippen LogP contribution in [-0.4, -0.2) is 19.2 Å². The molecule has 4 atom stereocenters. The van der Waals surface area contributed by atoms with Crippen LogP contribution in [0.25, 0.3) is 0 Å². The molecule has 1 aliphatic carbocycles. The van der Waals surface area contributed by atoms with Crippen molar-refractivity contribution in [2.75, 3.05) is 13.1 Å². The van der Waals surface area contributed by atoms with Crippen LogP contribution in [0.2, 0.25) is 0 Å². The summed E-state index contributed by atoms with van der Waals surface area (Å²) >= 11 is 0. The van der Waals surface area contributed by atoms with Gasteiger partial charge in [0, 0.05) is 24.9 Å². The van der Waals surface area contributed by atoms with E-state index in [-0.39, 0.29) is 11.9 Å². The molecule has 1 N–H and O–H groups in total. The Bertz CT molecular complexity index is 507. The molecule has 1 heterocycles. The summed E-state index contributed by atoms with van der Waals surface area (Å²) in [6.45, 7) is 1.80. The number of halogens is 3. The Morgan fingerprint density at radius 2 is 1.76 bits per heavy atom. The van der Waals surface area contributed by atoms with Crippen molar-refractivity contribution in [3.63, 3.8) is 0 Å². The molecule has 0 spiro atoms. The van der Waals surface area contributed by atoms with Gasteiger partial charge >= 0.3 is 6.18 Å². The van der Waals surface area contributed by atoms with E-state index in [2.05, 4.69) is 5.32 Å². The highest BCUT2D eigenvalue weighted by atomic mass is 31.0. The molecule has 1 aromatic carbocycles. The van der Waals surface area contributed by atoms with Gasteiger partial charge in [-0.3, -0.25) is 0 Å². The monoisotopic (exact) mass is 319 g/mol. The number of alkyl halides is 3. The molecular weight excluding hydrogens is 302 g/mol. The predicted molar refractivity (Wildman–Crippen MR) is 75.3 cm³/mol. The van der Waals surface area contributed by atoms with Crippen LogP contribution in [0, 0.1) is 11.8 Å². The summed E-state index contributed by atoms with van der Waals surface area (Å²) in [5, 5.41) is 3.36. The van der Waals surface area contributed by atoms with Gasteiger partial charge in [0.05, 0.1) is 15.0 Å². The van der Waals surface area contributed by atoms with Gasteiger partial charge in [0.15, 0.2) is 11.5 Å². The van der Waals surface area contributed by atoms with Crippen molar-refractivity contribution in [3.05, 3.63) is 23.8 Å². The van der Waals surface area contributed by atoms with Crippen LogP contribution >= 0.6 is 9.47 Å². The van der Waals surface area contributed by atoms with E-state index < -0.39 is 11.7 Å². The van der Waals surface area contributed by atoms with Crippen LogP contribution in [0.1, 0.15) is 18.4 Å². The molecule has 1 unspecified atom stereocenters. The van der Waals surface area contributed by atoms with Gasteiger partial charge < -0.3 is 14.6 Å². The summed E-state index contributed by atoms with van der Waals surface area (Å²) in [7, 11) is 1.98. The molecule has 2 bridgehead atoms. The Morgan fingerprint density at radius 1 is 1.10 bits per heavy atom.